The number of nitro groups is 1. The smallest absolute Gasteiger partial charge is 0.333 e. The summed E-state index contributed by atoms with van der Waals surface area (Å²) in [5.74, 6) is -0.467. The van der Waals surface area contributed by atoms with Crippen LogP contribution in [0.3, 0.4) is 0 Å². The van der Waals surface area contributed by atoms with Crippen molar-refractivity contribution in [3.05, 3.63) is 50.4 Å². The van der Waals surface area contributed by atoms with E-state index in [2.05, 4.69) is 4.74 Å². The van der Waals surface area contributed by atoms with E-state index in [1.165, 1.54) is 17.9 Å². The van der Waals surface area contributed by atoms with Gasteiger partial charge in [-0.25, -0.2) is 4.79 Å². The van der Waals surface area contributed by atoms with Crippen molar-refractivity contribution in [1.82, 2.24) is 4.57 Å². The number of rotatable bonds is 4. The minimum Gasteiger partial charge on any atom is -0.466 e. The molecule has 1 aromatic heterocycles. The van der Waals surface area contributed by atoms with Gasteiger partial charge in [-0.3, -0.25) is 14.9 Å². The number of carbonyl (C=O) groups excluding carboxylic acids is 1. The van der Waals surface area contributed by atoms with E-state index in [4.69, 9.17) is 0 Å². The Morgan fingerprint density at radius 2 is 2.28 bits per heavy atom. The third kappa shape index (κ3) is 3.27. The van der Waals surface area contributed by atoms with Gasteiger partial charge in [-0.1, -0.05) is 6.08 Å². The summed E-state index contributed by atoms with van der Waals surface area (Å²) in [6.07, 6.45) is 4.10. The zero-order chi connectivity index (χ0) is 13.7. The lowest BCUT2D eigenvalue weighted by Gasteiger charge is -2.03. The molecule has 0 unspecified atom stereocenters. The average Bonchev–Trinajstić information content (AvgIpc) is 2.36. The maximum atomic E-state index is 11.2. The summed E-state index contributed by atoms with van der Waals surface area (Å²) in [7, 11) is 1.27. The average molecular weight is 252 g/mol. The van der Waals surface area contributed by atoms with Gasteiger partial charge in [-0.15, -0.1) is 0 Å². The summed E-state index contributed by atoms with van der Waals surface area (Å²) in [5, 5.41) is 10.6. The van der Waals surface area contributed by atoms with Gasteiger partial charge in [-0.05, 0) is 6.92 Å². The molecule has 0 bridgehead atoms. The number of carbonyl (C=O) groups is 1. The molecule has 0 aliphatic rings. The highest BCUT2D eigenvalue weighted by Gasteiger charge is 2.11. The Morgan fingerprint density at radius 1 is 1.61 bits per heavy atom. The largest absolute Gasteiger partial charge is 0.466 e. The van der Waals surface area contributed by atoms with Crippen LogP contribution in [0.4, 0.5) is 5.69 Å². The Morgan fingerprint density at radius 3 is 2.83 bits per heavy atom. The number of ether oxygens (including phenoxy) is 1. The number of hydrogen-bond acceptors (Lipinski definition) is 5. The van der Waals surface area contributed by atoms with E-state index in [1.54, 1.807) is 13.0 Å². The molecular formula is C11H12N2O5. The normalized spacial score (nSPS) is 11.1. The highest BCUT2D eigenvalue weighted by molar-refractivity contribution is 5.87. The molecule has 0 saturated heterocycles. The van der Waals surface area contributed by atoms with Crippen LogP contribution in [-0.4, -0.2) is 22.6 Å². The van der Waals surface area contributed by atoms with E-state index in [-0.39, 0.29) is 6.54 Å². The first-order valence-electron chi connectivity index (χ1n) is 5.05. The standard InChI is InChI=1S/C11H12N2O5/c1-8(11(15)18-2)3-5-12-6-4-10(14)9(7-12)13(16)17/h3-4,6-7H,5H2,1-2H3/b8-3+. The Bertz CT molecular complexity index is 559. The lowest BCUT2D eigenvalue weighted by Crippen LogP contribution is -2.11. The Hall–Kier alpha value is -2.44. The molecule has 7 heteroatoms. The number of esters is 1. The number of methoxy groups -OCH3 is 1. The predicted octanol–water partition coefficient (Wildman–Crippen LogP) is 0.876. The maximum Gasteiger partial charge on any atom is 0.333 e. The molecule has 0 atom stereocenters. The quantitative estimate of drug-likeness (QED) is 0.343. The fraction of sp³-hybridized carbons (Fsp3) is 0.273. The first-order chi connectivity index (χ1) is 8.45. The summed E-state index contributed by atoms with van der Waals surface area (Å²) in [5.41, 5.74) is -0.759. The fourth-order valence-corrected chi connectivity index (χ4v) is 1.25. The van der Waals surface area contributed by atoms with Crippen molar-refractivity contribution in [3.63, 3.8) is 0 Å². The van der Waals surface area contributed by atoms with Gasteiger partial charge in [-0.2, -0.15) is 0 Å². The van der Waals surface area contributed by atoms with Crippen LogP contribution in [-0.2, 0) is 16.1 Å². The van der Waals surface area contributed by atoms with E-state index in [1.807, 2.05) is 0 Å². The molecule has 0 aliphatic heterocycles. The topological polar surface area (TPSA) is 91.4 Å². The van der Waals surface area contributed by atoms with Crippen LogP contribution in [0.15, 0.2) is 34.9 Å². The van der Waals surface area contributed by atoms with Gasteiger partial charge in [0.25, 0.3) is 5.43 Å². The van der Waals surface area contributed by atoms with Gasteiger partial charge in [0.1, 0.15) is 0 Å². The first-order valence-corrected chi connectivity index (χ1v) is 5.05. The van der Waals surface area contributed by atoms with Crippen molar-refractivity contribution in [2.45, 2.75) is 13.5 Å². The highest BCUT2D eigenvalue weighted by atomic mass is 16.6. The van der Waals surface area contributed by atoms with Crippen LogP contribution in [0.25, 0.3) is 0 Å². The van der Waals surface area contributed by atoms with Gasteiger partial charge in [0.05, 0.1) is 18.2 Å². The second-order valence-corrected chi connectivity index (χ2v) is 3.53. The molecule has 18 heavy (non-hydrogen) atoms. The molecule has 0 aliphatic carbocycles. The van der Waals surface area contributed by atoms with Gasteiger partial charge in [0.15, 0.2) is 0 Å². The van der Waals surface area contributed by atoms with Crippen molar-refractivity contribution in [2.75, 3.05) is 7.11 Å². The van der Waals surface area contributed by atoms with Crippen molar-refractivity contribution < 1.29 is 14.5 Å². The molecule has 0 fully saturated rings. The summed E-state index contributed by atoms with van der Waals surface area (Å²) in [4.78, 5) is 32.1. The second kappa shape index (κ2) is 5.76. The molecule has 0 radical (unpaired) electrons. The molecule has 0 N–H and O–H groups in total. The van der Waals surface area contributed by atoms with Crippen LogP contribution in [0.5, 0.6) is 0 Å². The summed E-state index contributed by atoms with van der Waals surface area (Å²) >= 11 is 0. The van der Waals surface area contributed by atoms with Crippen LogP contribution in [0.1, 0.15) is 6.92 Å². The fourth-order valence-electron chi connectivity index (χ4n) is 1.25. The van der Waals surface area contributed by atoms with Crippen molar-refractivity contribution in [2.24, 2.45) is 0 Å². The first kappa shape index (κ1) is 13.6. The van der Waals surface area contributed by atoms with Crippen molar-refractivity contribution >= 4 is 11.7 Å². The SMILES string of the molecule is COC(=O)/C(C)=C/Cn1ccc(=O)c([N+](=O)[O-])c1. The van der Waals surface area contributed by atoms with E-state index in [0.29, 0.717) is 5.57 Å². The van der Waals surface area contributed by atoms with E-state index >= 15 is 0 Å². The lowest BCUT2D eigenvalue weighted by atomic mass is 10.3. The predicted molar refractivity (Wildman–Crippen MR) is 63.1 cm³/mol. The Kier molecular flexibility index (Phi) is 4.36. The highest BCUT2D eigenvalue weighted by Crippen LogP contribution is 2.04. The molecule has 0 aromatic carbocycles. The Balaban J connectivity index is 2.93. The number of hydrogen-bond donors (Lipinski definition) is 0. The molecule has 7 nitrogen and oxygen atoms in total. The molecule has 0 saturated carbocycles. The van der Waals surface area contributed by atoms with E-state index in [9.17, 15) is 19.7 Å². The van der Waals surface area contributed by atoms with Gasteiger partial charge in [0.2, 0.25) is 0 Å². The minimum atomic E-state index is -0.740. The molecule has 1 aromatic rings. The number of nitrogens with zero attached hydrogens (tertiary/aromatic N) is 2. The van der Waals surface area contributed by atoms with E-state index < -0.39 is 22.0 Å². The molecule has 1 heterocycles. The molecular weight excluding hydrogens is 240 g/mol. The molecule has 1 rings (SSSR count). The number of pyridine rings is 1. The third-order valence-corrected chi connectivity index (χ3v) is 2.27. The molecule has 0 amide bonds. The zero-order valence-corrected chi connectivity index (χ0v) is 9.95. The van der Waals surface area contributed by atoms with Gasteiger partial charge >= 0.3 is 11.7 Å². The second-order valence-electron chi connectivity index (χ2n) is 3.53. The third-order valence-electron chi connectivity index (χ3n) is 2.27. The number of aromatic nitrogens is 1. The lowest BCUT2D eigenvalue weighted by molar-refractivity contribution is -0.386. The summed E-state index contributed by atoms with van der Waals surface area (Å²) < 4.78 is 5.94. The maximum absolute atomic E-state index is 11.2. The summed E-state index contributed by atoms with van der Waals surface area (Å²) in [6.45, 7) is 1.81. The van der Waals surface area contributed by atoms with Crippen LogP contribution >= 0.6 is 0 Å². The monoisotopic (exact) mass is 252 g/mol. The molecule has 96 valence electrons. The Labute approximate surface area is 102 Å². The zero-order valence-electron chi connectivity index (χ0n) is 9.95. The number of allylic oxidation sites excluding steroid dienone is 1. The van der Waals surface area contributed by atoms with Gasteiger partial charge < -0.3 is 9.30 Å². The van der Waals surface area contributed by atoms with Crippen LogP contribution in [0.2, 0.25) is 0 Å². The minimum absolute atomic E-state index is 0.238. The van der Waals surface area contributed by atoms with Gasteiger partial charge in [0, 0.05) is 24.4 Å². The summed E-state index contributed by atoms with van der Waals surface area (Å²) in [6, 6.07) is 1.11. The van der Waals surface area contributed by atoms with Crippen LogP contribution in [0, 0.1) is 10.1 Å². The molecule has 0 spiro atoms. The van der Waals surface area contributed by atoms with E-state index in [0.717, 1.165) is 12.3 Å². The van der Waals surface area contributed by atoms with Crippen molar-refractivity contribution in [1.29, 1.82) is 0 Å². The van der Waals surface area contributed by atoms with Crippen LogP contribution < -0.4 is 5.43 Å². The van der Waals surface area contributed by atoms with Crippen molar-refractivity contribution in [3.8, 4) is 0 Å².